The number of thioether (sulfide) groups is 1. The lowest BCUT2D eigenvalue weighted by Crippen LogP contribution is -2.26. The molecule has 4 aromatic rings. The zero-order valence-corrected chi connectivity index (χ0v) is 17.5. The number of nitrogens with one attached hydrogen (secondary N) is 2. The Kier molecular flexibility index (Phi) is 5.77. The highest BCUT2D eigenvalue weighted by Gasteiger charge is 2.08. The van der Waals surface area contributed by atoms with Crippen molar-refractivity contribution in [2.24, 2.45) is 7.05 Å². The lowest BCUT2D eigenvalue weighted by atomic mass is 10.2. The number of carbonyl (C=O) groups excluding carboxylic acids is 1. The van der Waals surface area contributed by atoms with Crippen molar-refractivity contribution in [2.75, 3.05) is 6.54 Å². The van der Waals surface area contributed by atoms with Crippen molar-refractivity contribution < 1.29 is 4.79 Å². The minimum absolute atomic E-state index is 0.0984. The average molecular weight is 425 g/mol. The summed E-state index contributed by atoms with van der Waals surface area (Å²) in [5, 5.41) is 9.80. The summed E-state index contributed by atoms with van der Waals surface area (Å²) in [4.78, 5) is 18.0. The number of amides is 1. The van der Waals surface area contributed by atoms with Gasteiger partial charge in [0.25, 0.3) is 5.91 Å². The number of imidazole rings is 1. The summed E-state index contributed by atoms with van der Waals surface area (Å²) in [5.41, 5.74) is 2.61. The van der Waals surface area contributed by atoms with E-state index >= 15 is 0 Å². The second-order valence-corrected chi connectivity index (χ2v) is 7.96. The Hall–Kier alpha value is -2.91. The van der Waals surface area contributed by atoms with Crippen molar-refractivity contribution in [1.29, 1.82) is 0 Å². The topological polar surface area (TPSA) is 80.0 Å². The van der Waals surface area contributed by atoms with E-state index in [1.807, 2.05) is 66.3 Å². The van der Waals surface area contributed by atoms with E-state index in [0.717, 1.165) is 27.8 Å². The molecule has 0 spiro atoms. The molecule has 1 amide bonds. The number of aromatic amines is 1. The third kappa shape index (κ3) is 4.57. The first-order chi connectivity index (χ1) is 14.1. The number of hydrogen-bond acceptors (Lipinski definition) is 5. The van der Waals surface area contributed by atoms with Crippen LogP contribution in [0.2, 0.25) is 0 Å². The summed E-state index contributed by atoms with van der Waals surface area (Å²) in [6.45, 7) is 0.497. The molecule has 0 radical (unpaired) electrons. The van der Waals surface area contributed by atoms with Gasteiger partial charge in [-0.05, 0) is 48.6 Å². The molecule has 0 saturated carbocycles. The van der Waals surface area contributed by atoms with Gasteiger partial charge in [0.1, 0.15) is 11.5 Å². The Morgan fingerprint density at radius 1 is 1.24 bits per heavy atom. The highest BCUT2D eigenvalue weighted by Crippen LogP contribution is 2.23. The minimum Gasteiger partial charge on any atom is -0.352 e. The van der Waals surface area contributed by atoms with Gasteiger partial charge < -0.3 is 14.3 Å². The number of benzene rings is 1. The van der Waals surface area contributed by atoms with Crippen LogP contribution in [0.25, 0.3) is 5.65 Å². The van der Waals surface area contributed by atoms with E-state index < -0.39 is 0 Å². The van der Waals surface area contributed by atoms with Crippen molar-refractivity contribution in [2.45, 2.75) is 17.1 Å². The van der Waals surface area contributed by atoms with Crippen LogP contribution in [0.4, 0.5) is 0 Å². The first kappa shape index (κ1) is 19.4. The molecule has 7 nitrogen and oxygen atoms in total. The molecule has 148 valence electrons. The zero-order chi connectivity index (χ0) is 20.2. The second-order valence-electron chi connectivity index (χ2n) is 6.52. The molecule has 0 unspecified atom stereocenters. The molecular weight excluding hydrogens is 404 g/mol. The Bertz CT molecular complexity index is 1160. The van der Waals surface area contributed by atoms with Gasteiger partial charge >= 0.3 is 0 Å². The Morgan fingerprint density at radius 3 is 2.79 bits per heavy atom. The van der Waals surface area contributed by atoms with E-state index in [2.05, 4.69) is 20.5 Å². The van der Waals surface area contributed by atoms with Gasteiger partial charge in [-0.1, -0.05) is 6.07 Å². The molecule has 0 fully saturated rings. The zero-order valence-electron chi connectivity index (χ0n) is 15.8. The lowest BCUT2D eigenvalue weighted by Gasteiger charge is -2.06. The van der Waals surface area contributed by atoms with E-state index in [9.17, 15) is 4.79 Å². The number of fused-ring (bicyclic) bond motifs is 1. The SMILES string of the molecule is Cn1c(CCNC(=O)c2ccc(SCc3cn4ccccc4n3)cc2)n[nH]c1=S. The molecule has 0 aliphatic carbocycles. The average Bonchev–Trinajstić information content (AvgIpc) is 3.30. The molecule has 2 N–H and O–H groups in total. The monoisotopic (exact) mass is 424 g/mol. The number of carbonyl (C=O) groups is 1. The van der Waals surface area contributed by atoms with Crippen LogP contribution in [-0.2, 0) is 19.2 Å². The summed E-state index contributed by atoms with van der Waals surface area (Å²) in [7, 11) is 1.85. The minimum atomic E-state index is -0.0984. The van der Waals surface area contributed by atoms with Crippen LogP contribution >= 0.6 is 24.0 Å². The number of nitrogens with zero attached hydrogens (tertiary/aromatic N) is 4. The maximum absolute atomic E-state index is 12.3. The third-order valence-electron chi connectivity index (χ3n) is 4.52. The summed E-state index contributed by atoms with van der Waals surface area (Å²) >= 11 is 6.78. The number of rotatable bonds is 7. The summed E-state index contributed by atoms with van der Waals surface area (Å²) < 4.78 is 4.39. The Morgan fingerprint density at radius 2 is 2.07 bits per heavy atom. The third-order valence-corrected chi connectivity index (χ3v) is 5.93. The fourth-order valence-electron chi connectivity index (χ4n) is 2.91. The molecular formula is C20H20N6OS2. The molecule has 3 heterocycles. The van der Waals surface area contributed by atoms with Crippen molar-refractivity contribution >= 4 is 35.5 Å². The molecule has 29 heavy (non-hydrogen) atoms. The number of aromatic nitrogens is 5. The van der Waals surface area contributed by atoms with Crippen LogP contribution in [0.3, 0.4) is 0 Å². The maximum atomic E-state index is 12.3. The maximum Gasteiger partial charge on any atom is 0.251 e. The van der Waals surface area contributed by atoms with Crippen LogP contribution < -0.4 is 5.32 Å². The van der Waals surface area contributed by atoms with Crippen LogP contribution in [0.1, 0.15) is 21.9 Å². The van der Waals surface area contributed by atoms with Crippen molar-refractivity contribution in [1.82, 2.24) is 29.5 Å². The molecule has 4 rings (SSSR count). The van der Waals surface area contributed by atoms with E-state index in [4.69, 9.17) is 12.2 Å². The van der Waals surface area contributed by atoms with Gasteiger partial charge in [0.2, 0.25) is 0 Å². The lowest BCUT2D eigenvalue weighted by molar-refractivity contribution is 0.0954. The smallest absolute Gasteiger partial charge is 0.251 e. The quantitative estimate of drug-likeness (QED) is 0.351. The molecule has 9 heteroatoms. The fraction of sp³-hybridized carbons (Fsp3) is 0.200. The van der Waals surface area contributed by atoms with Crippen LogP contribution in [0, 0.1) is 4.77 Å². The molecule has 0 aliphatic rings. The molecule has 0 aliphatic heterocycles. The second kappa shape index (κ2) is 8.62. The van der Waals surface area contributed by atoms with E-state index in [1.54, 1.807) is 16.3 Å². The van der Waals surface area contributed by atoms with Crippen LogP contribution in [0.5, 0.6) is 0 Å². The van der Waals surface area contributed by atoms with Crippen LogP contribution in [-0.4, -0.2) is 36.6 Å². The first-order valence-electron chi connectivity index (χ1n) is 9.14. The van der Waals surface area contributed by atoms with Crippen molar-refractivity contribution in [3.8, 4) is 0 Å². The predicted molar refractivity (Wildman–Crippen MR) is 116 cm³/mol. The van der Waals surface area contributed by atoms with Gasteiger partial charge in [-0.2, -0.15) is 5.10 Å². The molecule has 0 atom stereocenters. The predicted octanol–water partition coefficient (Wildman–Crippen LogP) is 3.39. The fourth-order valence-corrected chi connectivity index (χ4v) is 3.84. The number of hydrogen-bond donors (Lipinski definition) is 2. The molecule has 3 aromatic heterocycles. The van der Waals surface area contributed by atoms with Crippen molar-refractivity contribution in [3.05, 3.63) is 76.7 Å². The van der Waals surface area contributed by atoms with Gasteiger partial charge in [-0.3, -0.25) is 9.89 Å². The normalized spacial score (nSPS) is 11.1. The van der Waals surface area contributed by atoms with E-state index in [1.165, 1.54) is 0 Å². The Balaban J connectivity index is 1.29. The van der Waals surface area contributed by atoms with Gasteiger partial charge in [0.15, 0.2) is 4.77 Å². The van der Waals surface area contributed by atoms with Gasteiger partial charge in [0.05, 0.1) is 5.69 Å². The number of H-pyrrole nitrogens is 1. The highest BCUT2D eigenvalue weighted by atomic mass is 32.2. The molecule has 0 bridgehead atoms. The summed E-state index contributed by atoms with van der Waals surface area (Å²) in [5.74, 6) is 1.49. The van der Waals surface area contributed by atoms with Gasteiger partial charge in [0, 0.05) is 48.6 Å². The standard InChI is InChI=1S/C20H20N6OS2/c1-25-18(23-24-20(25)28)9-10-21-19(27)14-5-7-16(8-6-14)29-13-15-12-26-11-3-2-4-17(26)22-15/h2-8,11-12H,9-10,13H2,1H3,(H,21,27)(H,24,28). The summed E-state index contributed by atoms with van der Waals surface area (Å²) in [6, 6.07) is 13.6. The van der Waals surface area contributed by atoms with E-state index in [0.29, 0.717) is 23.3 Å². The highest BCUT2D eigenvalue weighted by molar-refractivity contribution is 7.98. The van der Waals surface area contributed by atoms with Gasteiger partial charge in [-0.15, -0.1) is 11.8 Å². The summed E-state index contributed by atoms with van der Waals surface area (Å²) in [6.07, 6.45) is 4.65. The molecule has 0 saturated heterocycles. The molecule has 1 aromatic carbocycles. The Labute approximate surface area is 177 Å². The number of pyridine rings is 1. The van der Waals surface area contributed by atoms with E-state index in [-0.39, 0.29) is 5.91 Å². The first-order valence-corrected chi connectivity index (χ1v) is 10.5. The largest absolute Gasteiger partial charge is 0.352 e. The van der Waals surface area contributed by atoms with Crippen molar-refractivity contribution in [3.63, 3.8) is 0 Å². The van der Waals surface area contributed by atoms with Crippen LogP contribution in [0.15, 0.2) is 59.8 Å². The van der Waals surface area contributed by atoms with Gasteiger partial charge in [-0.25, -0.2) is 4.98 Å².